The second kappa shape index (κ2) is 4.44. The summed E-state index contributed by atoms with van der Waals surface area (Å²) in [6, 6.07) is 2.43. The third-order valence-electron chi connectivity index (χ3n) is 2.68. The molecular weight excluding hydrogens is 260 g/mol. The van der Waals surface area contributed by atoms with E-state index in [9.17, 15) is 17.6 Å². The van der Waals surface area contributed by atoms with Crippen molar-refractivity contribution in [3.63, 3.8) is 0 Å². The molecule has 0 aliphatic carbocycles. The molecule has 1 fully saturated rings. The molecule has 2 nitrogen and oxygen atoms in total. The lowest BCUT2D eigenvalue weighted by molar-refractivity contribution is -0.137. The van der Waals surface area contributed by atoms with Gasteiger partial charge in [0.05, 0.1) is 11.1 Å². The summed E-state index contributed by atoms with van der Waals surface area (Å²) in [7, 11) is 0. The summed E-state index contributed by atoms with van der Waals surface area (Å²) in [6.45, 7) is 0.710. The molecule has 1 heterocycles. The third kappa shape index (κ3) is 2.70. The van der Waals surface area contributed by atoms with E-state index in [1.807, 2.05) is 0 Å². The van der Waals surface area contributed by atoms with E-state index in [1.165, 1.54) is 0 Å². The van der Waals surface area contributed by atoms with Crippen molar-refractivity contribution in [1.29, 1.82) is 0 Å². The Bertz CT molecular complexity index is 415. The summed E-state index contributed by atoms with van der Waals surface area (Å²) < 4.78 is 50.4. The first-order valence-corrected chi connectivity index (χ1v) is 4.69. The predicted octanol–water partition coefficient (Wildman–Crippen LogP) is 2.02. The van der Waals surface area contributed by atoms with Crippen LogP contribution in [0.3, 0.4) is 0 Å². The van der Waals surface area contributed by atoms with E-state index in [4.69, 9.17) is 5.73 Å². The van der Waals surface area contributed by atoms with E-state index >= 15 is 0 Å². The maximum atomic E-state index is 13.1. The van der Waals surface area contributed by atoms with Gasteiger partial charge in [-0.15, -0.1) is 12.4 Å². The van der Waals surface area contributed by atoms with Crippen LogP contribution in [0.4, 0.5) is 17.6 Å². The standard InChI is InChI=1S/C10H10F4N2.ClH/c11-8-2-6(9(15)4-16-5-9)1-7(3-8)10(12,13)14;/h1-3,16H,4-5,15H2;1H. The molecule has 96 valence electrons. The van der Waals surface area contributed by atoms with Crippen LogP contribution in [0.25, 0.3) is 0 Å². The van der Waals surface area contributed by atoms with Crippen LogP contribution in [0, 0.1) is 5.82 Å². The molecule has 2 rings (SSSR count). The fourth-order valence-electron chi connectivity index (χ4n) is 1.64. The number of rotatable bonds is 1. The second-order valence-corrected chi connectivity index (χ2v) is 3.99. The Morgan fingerprint density at radius 3 is 2.18 bits per heavy atom. The summed E-state index contributed by atoms with van der Waals surface area (Å²) in [5, 5.41) is 2.85. The van der Waals surface area contributed by atoms with Crippen LogP contribution >= 0.6 is 12.4 Å². The van der Waals surface area contributed by atoms with Crippen molar-refractivity contribution in [1.82, 2.24) is 5.32 Å². The molecule has 7 heteroatoms. The normalized spacial score (nSPS) is 18.2. The Morgan fingerprint density at radius 2 is 1.76 bits per heavy atom. The predicted molar refractivity (Wildman–Crippen MR) is 57.4 cm³/mol. The van der Waals surface area contributed by atoms with Gasteiger partial charge in [0.2, 0.25) is 0 Å². The van der Waals surface area contributed by atoms with Gasteiger partial charge in [-0.2, -0.15) is 13.2 Å². The van der Waals surface area contributed by atoms with Crippen LogP contribution in [-0.4, -0.2) is 13.1 Å². The molecule has 3 N–H and O–H groups in total. The minimum Gasteiger partial charge on any atom is -0.319 e. The Kier molecular flexibility index (Phi) is 3.71. The molecule has 1 saturated heterocycles. The monoisotopic (exact) mass is 270 g/mol. The van der Waals surface area contributed by atoms with Crippen molar-refractivity contribution in [2.75, 3.05) is 13.1 Å². The molecule has 0 aromatic heterocycles. The van der Waals surface area contributed by atoms with Gasteiger partial charge in [-0.05, 0) is 23.8 Å². The fraction of sp³-hybridized carbons (Fsp3) is 0.400. The second-order valence-electron chi connectivity index (χ2n) is 3.99. The first-order chi connectivity index (χ1) is 7.31. The van der Waals surface area contributed by atoms with Crippen LogP contribution in [0.15, 0.2) is 18.2 Å². The van der Waals surface area contributed by atoms with Gasteiger partial charge in [0.25, 0.3) is 0 Å². The number of nitrogens with one attached hydrogen (secondary N) is 1. The molecule has 0 radical (unpaired) electrons. The van der Waals surface area contributed by atoms with Crippen LogP contribution < -0.4 is 11.1 Å². The highest BCUT2D eigenvalue weighted by Gasteiger charge is 2.38. The van der Waals surface area contributed by atoms with E-state index in [0.717, 1.165) is 12.1 Å². The highest BCUT2D eigenvalue weighted by Crippen LogP contribution is 2.33. The first kappa shape index (κ1) is 14.2. The van der Waals surface area contributed by atoms with Gasteiger partial charge in [-0.25, -0.2) is 4.39 Å². The number of hydrogen-bond donors (Lipinski definition) is 2. The molecule has 0 saturated carbocycles. The molecule has 1 aromatic carbocycles. The van der Waals surface area contributed by atoms with E-state index < -0.39 is 23.1 Å². The summed E-state index contributed by atoms with van der Waals surface area (Å²) in [4.78, 5) is 0. The van der Waals surface area contributed by atoms with E-state index in [2.05, 4.69) is 5.32 Å². The van der Waals surface area contributed by atoms with Gasteiger partial charge in [-0.1, -0.05) is 0 Å². The topological polar surface area (TPSA) is 38.0 Å². The van der Waals surface area contributed by atoms with Crippen molar-refractivity contribution in [3.8, 4) is 0 Å². The molecule has 0 atom stereocenters. The molecule has 0 amide bonds. The lowest BCUT2D eigenvalue weighted by atomic mass is 9.84. The smallest absolute Gasteiger partial charge is 0.319 e. The summed E-state index contributed by atoms with van der Waals surface area (Å²) >= 11 is 0. The Balaban J connectivity index is 0.00000144. The zero-order valence-corrected chi connectivity index (χ0v) is 9.46. The van der Waals surface area contributed by atoms with Crippen molar-refractivity contribution in [2.24, 2.45) is 5.73 Å². The number of nitrogens with two attached hydrogens (primary N) is 1. The third-order valence-corrected chi connectivity index (χ3v) is 2.68. The SMILES string of the molecule is Cl.NC1(c2cc(F)cc(C(F)(F)F)c2)CNC1. The summed E-state index contributed by atoms with van der Waals surface area (Å²) in [6.07, 6.45) is -4.55. The molecule has 17 heavy (non-hydrogen) atoms. The Hall–Kier alpha value is -0.850. The van der Waals surface area contributed by atoms with Crippen LogP contribution in [-0.2, 0) is 11.7 Å². The van der Waals surface area contributed by atoms with Gasteiger partial charge in [0.15, 0.2) is 0 Å². The zero-order chi connectivity index (χ0) is 12.0. The van der Waals surface area contributed by atoms with Gasteiger partial charge in [0, 0.05) is 13.1 Å². The van der Waals surface area contributed by atoms with Gasteiger partial charge in [-0.3, -0.25) is 0 Å². The molecule has 0 bridgehead atoms. The number of hydrogen-bond acceptors (Lipinski definition) is 2. The highest BCUT2D eigenvalue weighted by atomic mass is 35.5. The summed E-state index contributed by atoms with van der Waals surface area (Å²) in [5.74, 6) is -0.915. The van der Waals surface area contributed by atoms with Crippen molar-refractivity contribution in [3.05, 3.63) is 35.1 Å². The van der Waals surface area contributed by atoms with E-state index in [-0.39, 0.29) is 18.0 Å². The van der Waals surface area contributed by atoms with Gasteiger partial charge in [0.1, 0.15) is 5.82 Å². The molecule has 1 aromatic rings. The van der Waals surface area contributed by atoms with Gasteiger partial charge >= 0.3 is 6.18 Å². The fourth-order valence-corrected chi connectivity index (χ4v) is 1.64. The van der Waals surface area contributed by atoms with Gasteiger partial charge < -0.3 is 11.1 Å². The summed E-state index contributed by atoms with van der Waals surface area (Å²) in [5.41, 5.74) is 4.10. The average Bonchev–Trinajstić information content (AvgIpc) is 2.11. The minimum atomic E-state index is -4.55. The quantitative estimate of drug-likeness (QED) is 0.767. The lowest BCUT2D eigenvalue weighted by Crippen LogP contribution is -2.62. The number of halogens is 5. The van der Waals surface area contributed by atoms with E-state index in [0.29, 0.717) is 19.2 Å². The van der Waals surface area contributed by atoms with E-state index in [1.54, 1.807) is 0 Å². The van der Waals surface area contributed by atoms with Crippen molar-refractivity contribution >= 4 is 12.4 Å². The van der Waals surface area contributed by atoms with Crippen molar-refractivity contribution in [2.45, 2.75) is 11.7 Å². The molecule has 1 aliphatic rings. The molecular formula is C10H11ClF4N2. The molecule has 0 spiro atoms. The maximum absolute atomic E-state index is 13.1. The van der Waals surface area contributed by atoms with Crippen LogP contribution in [0.1, 0.15) is 11.1 Å². The minimum absolute atomic E-state index is 0. The first-order valence-electron chi connectivity index (χ1n) is 4.69. The number of benzene rings is 1. The highest BCUT2D eigenvalue weighted by molar-refractivity contribution is 5.85. The molecule has 1 aliphatic heterocycles. The largest absolute Gasteiger partial charge is 0.416 e. The molecule has 0 unspecified atom stereocenters. The average molecular weight is 271 g/mol. The van der Waals surface area contributed by atoms with Crippen molar-refractivity contribution < 1.29 is 17.6 Å². The lowest BCUT2D eigenvalue weighted by Gasteiger charge is -2.39. The van der Waals surface area contributed by atoms with Crippen LogP contribution in [0.2, 0.25) is 0 Å². The maximum Gasteiger partial charge on any atom is 0.416 e. The number of alkyl halides is 3. The zero-order valence-electron chi connectivity index (χ0n) is 8.64. The Labute approximate surface area is 102 Å². The Morgan fingerprint density at radius 1 is 1.18 bits per heavy atom. The van der Waals surface area contributed by atoms with Crippen LogP contribution in [0.5, 0.6) is 0 Å².